The summed E-state index contributed by atoms with van der Waals surface area (Å²) in [6.45, 7) is -0.832. The fraction of sp³-hybridized carbons (Fsp3) is 1.00. The molecule has 2 N–H and O–H groups in total. The molecule has 0 aliphatic rings. The Labute approximate surface area is 81.8 Å². The second-order valence-corrected chi connectivity index (χ2v) is 5.71. The lowest BCUT2D eigenvalue weighted by Crippen LogP contribution is -2.45. The maximum absolute atomic E-state index is 10.4. The van der Waals surface area contributed by atoms with E-state index < -0.39 is 35.1 Å². The highest BCUT2D eigenvalue weighted by Gasteiger charge is 2.17. The van der Waals surface area contributed by atoms with E-state index in [4.69, 9.17) is 10.00 Å². The van der Waals surface area contributed by atoms with Gasteiger partial charge in [-0.15, -0.1) is 7.94 Å². The van der Waals surface area contributed by atoms with Crippen LogP contribution in [0.3, 0.4) is 0 Å². The molecule has 10 heteroatoms. The van der Waals surface area contributed by atoms with E-state index in [1.807, 2.05) is 0 Å². The van der Waals surface area contributed by atoms with Crippen LogP contribution in [0.1, 0.15) is 0 Å². The molecule has 0 bridgehead atoms. The number of aliphatic hydroxyl groups is 1. The predicted molar refractivity (Wildman–Crippen MR) is 39.6 cm³/mol. The lowest BCUT2D eigenvalue weighted by Gasteiger charge is -2.46. The van der Waals surface area contributed by atoms with Crippen molar-refractivity contribution in [2.45, 2.75) is 0 Å². The average Bonchev–Trinajstić information content (AvgIpc) is 1.78. The number of aliphatic hydroxyl groups excluding tert-OH is 1. The minimum atomic E-state index is -4.89. The Morgan fingerprint density at radius 2 is 1.50 bits per heavy atom. The van der Waals surface area contributed by atoms with Gasteiger partial charge in [0.15, 0.2) is 0 Å². The largest absolute Gasteiger partial charge is 0.687 e. The summed E-state index contributed by atoms with van der Waals surface area (Å²) in [5.74, 6) is 0. The van der Waals surface area contributed by atoms with Gasteiger partial charge in [-0.3, -0.25) is 4.89 Å². The summed E-state index contributed by atoms with van der Waals surface area (Å²) < 4.78 is 0. The van der Waals surface area contributed by atoms with Gasteiger partial charge < -0.3 is 29.6 Å². The van der Waals surface area contributed by atoms with Crippen LogP contribution >= 0.6 is 15.9 Å². The van der Waals surface area contributed by atoms with Crippen molar-refractivity contribution in [3.8, 4) is 0 Å². The monoisotopic (exact) mass is 246 g/mol. The third-order valence-corrected chi connectivity index (χ3v) is 2.67. The highest BCUT2D eigenvalue weighted by atomic mass is 31.2. The molecule has 0 saturated carbocycles. The van der Waals surface area contributed by atoms with Gasteiger partial charge in [0.2, 0.25) is 0 Å². The number of nitrogens with zero attached hydrogens (tertiary/aromatic N) is 1. The average molecular weight is 246 g/mol. The van der Waals surface area contributed by atoms with Crippen molar-refractivity contribution < 1.29 is 34.5 Å². The van der Waals surface area contributed by atoms with Crippen molar-refractivity contribution in [3.63, 3.8) is 0 Å². The molecule has 14 heavy (non-hydrogen) atoms. The summed E-state index contributed by atoms with van der Waals surface area (Å²) in [6.07, 6.45) is -2.01. The van der Waals surface area contributed by atoms with E-state index in [2.05, 4.69) is 0 Å². The third-order valence-electron chi connectivity index (χ3n) is 1.17. The first-order valence-corrected chi connectivity index (χ1v) is 7.00. The minimum Gasteiger partial charge on any atom is -0.687 e. The van der Waals surface area contributed by atoms with Crippen molar-refractivity contribution in [3.05, 3.63) is 0 Å². The van der Waals surface area contributed by atoms with Crippen LogP contribution in [-0.2, 0) is 0 Å². The third kappa shape index (κ3) is 9.11. The Balaban J connectivity index is 4.16. The molecule has 0 atom stereocenters. The second kappa shape index (κ2) is 5.58. The van der Waals surface area contributed by atoms with Crippen LogP contribution in [0.5, 0.6) is 0 Å². The molecular weight excluding hydrogens is 236 g/mol. The van der Waals surface area contributed by atoms with Crippen LogP contribution in [0.15, 0.2) is 0 Å². The smallest absolute Gasteiger partial charge is 0.131 e. The van der Waals surface area contributed by atoms with Crippen LogP contribution < -0.4 is 24.5 Å². The van der Waals surface area contributed by atoms with Gasteiger partial charge in [0, 0.05) is 6.54 Å². The summed E-state index contributed by atoms with van der Waals surface area (Å²) in [7, 11) is -9.57. The van der Waals surface area contributed by atoms with Crippen LogP contribution in [0.2, 0.25) is 0 Å². The summed E-state index contributed by atoms with van der Waals surface area (Å²) in [6, 6.07) is 0. The van der Waals surface area contributed by atoms with Crippen LogP contribution in [0.25, 0.3) is 0 Å². The van der Waals surface area contributed by atoms with E-state index in [9.17, 15) is 24.5 Å². The molecule has 0 rings (SSSR count). The zero-order valence-corrected chi connectivity index (χ0v) is 8.89. The number of hydrogen-bond donors (Lipinski definition) is 2. The molecule has 0 radical (unpaired) electrons. The number of hydrogen-bond acceptors (Lipinski definition) is 8. The first-order chi connectivity index (χ1) is 6.14. The summed E-state index contributed by atoms with van der Waals surface area (Å²) >= 11 is 0. The molecule has 0 aromatic carbocycles. The highest BCUT2D eigenvalue weighted by molar-refractivity contribution is 7.56. The number of rotatable bonds is 6. The van der Waals surface area contributed by atoms with E-state index in [0.717, 1.165) is 0 Å². The zero-order valence-electron chi connectivity index (χ0n) is 7.11. The molecule has 0 aliphatic carbocycles. The first-order valence-electron chi connectivity index (χ1n) is 3.51. The maximum Gasteiger partial charge on any atom is 0.131 e. The highest BCUT2D eigenvalue weighted by Crippen LogP contribution is 2.37. The molecule has 8 nitrogen and oxygen atoms in total. The zero-order chi connectivity index (χ0) is 11.4. The molecule has 0 amide bonds. The molecule has 0 spiro atoms. The SMILES string of the molecule is [O-][P+]([O-])([O-])CN(CCO)C[P+]([O-])([O-])O. The maximum atomic E-state index is 10.4. The van der Waals surface area contributed by atoms with Gasteiger partial charge in [-0.1, -0.05) is 0 Å². The second-order valence-electron chi connectivity index (χ2n) is 2.65. The molecule has 0 fully saturated rings. The fourth-order valence-corrected chi connectivity index (χ4v) is 2.46. The van der Waals surface area contributed by atoms with E-state index in [1.165, 1.54) is 0 Å². The van der Waals surface area contributed by atoms with Crippen molar-refractivity contribution in [2.24, 2.45) is 0 Å². The Morgan fingerprint density at radius 1 is 1.00 bits per heavy atom. The Hall–Kier alpha value is 0.540. The Kier molecular flexibility index (Phi) is 5.79. The molecule has 0 aromatic heterocycles. The topological polar surface area (TPSA) is 159 Å². The van der Waals surface area contributed by atoms with Crippen molar-refractivity contribution in [1.29, 1.82) is 0 Å². The van der Waals surface area contributed by atoms with Gasteiger partial charge in [0.05, 0.1) is 20.8 Å². The van der Waals surface area contributed by atoms with Gasteiger partial charge in [-0.25, -0.2) is 4.90 Å². The van der Waals surface area contributed by atoms with Crippen molar-refractivity contribution in [2.75, 3.05) is 25.7 Å². The van der Waals surface area contributed by atoms with Crippen LogP contribution in [0.4, 0.5) is 0 Å². The van der Waals surface area contributed by atoms with E-state index in [-0.39, 0.29) is 6.54 Å². The molecule has 0 aliphatic heterocycles. The predicted octanol–water partition coefficient (Wildman–Crippen LogP) is -5.49. The fourth-order valence-electron chi connectivity index (χ4n) is 0.825. The Morgan fingerprint density at radius 3 is 1.79 bits per heavy atom. The van der Waals surface area contributed by atoms with Crippen molar-refractivity contribution >= 4 is 15.9 Å². The summed E-state index contributed by atoms with van der Waals surface area (Å²) in [5, 5.41) is 8.42. The molecule has 86 valence electrons. The molecule has 0 aromatic rings. The van der Waals surface area contributed by atoms with E-state index in [0.29, 0.717) is 4.90 Å². The molecule has 0 unspecified atom stereocenters. The van der Waals surface area contributed by atoms with Gasteiger partial charge in [0.1, 0.15) is 6.29 Å². The Bertz CT molecular complexity index is 150. The van der Waals surface area contributed by atoms with E-state index in [1.54, 1.807) is 0 Å². The standard InChI is InChI=1S/C4H13NO7P2/c6-2-1-5(3-13(7,8)9)4-14(10,11)12/h6H,1-4H2,(H2,7,8,9)(H2,10,11,12)/p-3. The normalized spacial score (nSPS) is 13.7. The van der Waals surface area contributed by atoms with Gasteiger partial charge in [0.25, 0.3) is 0 Å². The quantitative estimate of drug-likeness (QED) is 0.439. The van der Waals surface area contributed by atoms with Gasteiger partial charge in [-0.05, 0) is 0 Å². The molecule has 0 saturated heterocycles. The van der Waals surface area contributed by atoms with E-state index >= 15 is 0 Å². The minimum absolute atomic E-state index is 0.318. The molecule has 0 heterocycles. The first kappa shape index (κ1) is 14.5. The van der Waals surface area contributed by atoms with Gasteiger partial charge in [-0.2, -0.15) is 0 Å². The van der Waals surface area contributed by atoms with Crippen LogP contribution in [-0.4, -0.2) is 40.6 Å². The van der Waals surface area contributed by atoms with Crippen LogP contribution in [0, 0.1) is 0 Å². The van der Waals surface area contributed by atoms with Crippen molar-refractivity contribution in [1.82, 2.24) is 4.90 Å². The lowest BCUT2D eigenvalue weighted by molar-refractivity contribution is -0.429. The lowest BCUT2D eigenvalue weighted by atomic mass is 10.6. The summed E-state index contributed by atoms with van der Waals surface area (Å²) in [5.41, 5.74) is 0. The molecular formula is C4H10NO7P2-3. The van der Waals surface area contributed by atoms with Gasteiger partial charge >= 0.3 is 0 Å². The summed E-state index contributed by atoms with van der Waals surface area (Å²) in [4.78, 5) is 60.6.